The highest BCUT2D eigenvalue weighted by molar-refractivity contribution is 7.88. The molecule has 5 aromatic heterocycles. The molecule has 0 saturated carbocycles. The summed E-state index contributed by atoms with van der Waals surface area (Å²) in [7, 11) is 0.191. The molecule has 0 aliphatic heterocycles. The molecule has 4 N–H and O–H groups in total. The van der Waals surface area contributed by atoms with E-state index in [1.807, 2.05) is 38.4 Å². The molecule has 0 unspecified atom stereocenters. The van der Waals surface area contributed by atoms with Gasteiger partial charge in [0, 0.05) is 46.4 Å². The van der Waals surface area contributed by atoms with Crippen LogP contribution < -0.4 is 10.0 Å². The second-order valence-corrected chi connectivity index (χ2v) is 12.5. The number of aromatic amines is 2. The Bertz CT molecular complexity index is 2140. The monoisotopic (exact) mass is 613 g/mol. The fourth-order valence-electron chi connectivity index (χ4n) is 4.93. The minimum Gasteiger partial charge on any atom is -0.353 e. The summed E-state index contributed by atoms with van der Waals surface area (Å²) in [5.74, 6) is -0.654. The van der Waals surface area contributed by atoms with Gasteiger partial charge >= 0.3 is 0 Å². The molecule has 1 aromatic carbocycles. The lowest BCUT2D eigenvalue weighted by molar-refractivity contribution is -0.116. The lowest BCUT2D eigenvalue weighted by Crippen LogP contribution is -2.27. The van der Waals surface area contributed by atoms with Gasteiger partial charge in [0.05, 0.1) is 53.5 Å². The topological polar surface area (TPSA) is 162 Å². The van der Waals surface area contributed by atoms with Gasteiger partial charge in [0.2, 0.25) is 15.9 Å². The number of benzene rings is 1. The van der Waals surface area contributed by atoms with Crippen LogP contribution >= 0.6 is 0 Å². The number of carbonyl (C=O) groups excluding carboxylic acids is 1. The fourth-order valence-corrected chi connectivity index (χ4v) is 5.36. The van der Waals surface area contributed by atoms with Crippen molar-refractivity contribution in [2.75, 3.05) is 32.2 Å². The summed E-state index contributed by atoms with van der Waals surface area (Å²) in [4.78, 5) is 30.8. The number of aromatic nitrogens is 6. The van der Waals surface area contributed by atoms with Crippen LogP contribution in [-0.4, -0.2) is 76.3 Å². The van der Waals surface area contributed by atoms with E-state index in [1.54, 1.807) is 35.8 Å². The van der Waals surface area contributed by atoms with Crippen LogP contribution in [0.4, 0.5) is 10.1 Å². The first kappa shape index (κ1) is 29.0. The second-order valence-electron chi connectivity index (χ2n) is 10.7. The Morgan fingerprint density at radius 2 is 1.77 bits per heavy atom. The first-order valence-electron chi connectivity index (χ1n) is 13.5. The second kappa shape index (κ2) is 11.6. The van der Waals surface area contributed by atoms with Crippen molar-refractivity contribution in [2.24, 2.45) is 0 Å². The fraction of sp³-hybridized carbons (Fsp3) is 0.167. The zero-order chi connectivity index (χ0) is 31.0. The molecule has 6 aromatic rings. The van der Waals surface area contributed by atoms with Gasteiger partial charge in [-0.15, -0.1) is 0 Å². The number of likely N-dealkylation sites (N-methyl/N-ethyl adjacent to an activating group) is 1. The number of carbonyl (C=O) groups is 1. The van der Waals surface area contributed by atoms with Crippen molar-refractivity contribution in [1.29, 1.82) is 0 Å². The molecule has 0 atom stereocenters. The third-order valence-electron chi connectivity index (χ3n) is 6.80. The van der Waals surface area contributed by atoms with Crippen LogP contribution in [-0.2, 0) is 21.4 Å². The van der Waals surface area contributed by atoms with E-state index in [1.165, 1.54) is 12.1 Å². The number of nitrogens with one attached hydrogen (secondary N) is 4. The van der Waals surface area contributed by atoms with Crippen LogP contribution in [0.1, 0.15) is 5.56 Å². The Labute approximate surface area is 251 Å². The lowest BCUT2D eigenvalue weighted by atomic mass is 10.0. The van der Waals surface area contributed by atoms with Crippen molar-refractivity contribution in [3.05, 3.63) is 78.6 Å². The van der Waals surface area contributed by atoms with E-state index in [-0.39, 0.29) is 19.0 Å². The molecule has 14 heteroatoms. The number of hydrogen-bond acceptors (Lipinski definition) is 8. The maximum atomic E-state index is 14.6. The van der Waals surface area contributed by atoms with E-state index >= 15 is 0 Å². The molecule has 0 spiro atoms. The molecular formula is C30H28FN9O3S. The molecule has 12 nitrogen and oxygen atoms in total. The van der Waals surface area contributed by atoms with Gasteiger partial charge in [0.1, 0.15) is 11.5 Å². The summed E-state index contributed by atoms with van der Waals surface area (Å²) >= 11 is 0. The van der Waals surface area contributed by atoms with Crippen molar-refractivity contribution >= 4 is 43.4 Å². The average molecular weight is 614 g/mol. The largest absolute Gasteiger partial charge is 0.353 e. The number of pyridine rings is 3. The number of anilines is 1. The van der Waals surface area contributed by atoms with Crippen LogP contribution in [0.5, 0.6) is 0 Å². The van der Waals surface area contributed by atoms with Gasteiger partial charge < -0.3 is 15.2 Å². The third kappa shape index (κ3) is 6.32. The molecule has 224 valence electrons. The third-order valence-corrected chi connectivity index (χ3v) is 7.47. The van der Waals surface area contributed by atoms with Gasteiger partial charge in [-0.25, -0.2) is 17.5 Å². The zero-order valence-corrected chi connectivity index (χ0v) is 24.8. The number of hydrogen-bond donors (Lipinski definition) is 4. The normalized spacial score (nSPS) is 11.9. The van der Waals surface area contributed by atoms with Crippen LogP contribution in [0.15, 0.2) is 67.3 Å². The molecule has 0 bridgehead atoms. The van der Waals surface area contributed by atoms with E-state index in [9.17, 15) is 17.6 Å². The molecule has 6 rings (SSSR count). The molecule has 0 aliphatic carbocycles. The highest BCUT2D eigenvalue weighted by Gasteiger charge is 2.17. The predicted molar refractivity (Wildman–Crippen MR) is 166 cm³/mol. The average Bonchev–Trinajstić information content (AvgIpc) is 3.59. The quantitative estimate of drug-likeness (QED) is 0.191. The van der Waals surface area contributed by atoms with Gasteiger partial charge in [-0.1, -0.05) is 0 Å². The maximum Gasteiger partial charge on any atom is 0.238 e. The molecule has 1 amide bonds. The number of sulfonamides is 1. The van der Waals surface area contributed by atoms with Crippen LogP contribution in [0.25, 0.3) is 55.7 Å². The maximum absolute atomic E-state index is 14.6. The smallest absolute Gasteiger partial charge is 0.238 e. The van der Waals surface area contributed by atoms with Gasteiger partial charge in [-0.05, 0) is 62.1 Å². The first-order chi connectivity index (χ1) is 21.0. The number of rotatable bonds is 9. The van der Waals surface area contributed by atoms with E-state index in [4.69, 9.17) is 0 Å². The molecule has 0 radical (unpaired) electrons. The van der Waals surface area contributed by atoms with Crippen molar-refractivity contribution in [1.82, 2.24) is 39.8 Å². The minimum atomic E-state index is -3.45. The molecule has 0 saturated heterocycles. The Morgan fingerprint density at radius 1 is 0.955 bits per heavy atom. The Hall–Kier alpha value is -5.05. The number of halogens is 1. The van der Waals surface area contributed by atoms with Gasteiger partial charge in [0.25, 0.3) is 0 Å². The number of amides is 1. The number of nitrogens with zero attached hydrogens (tertiary/aromatic N) is 5. The summed E-state index contributed by atoms with van der Waals surface area (Å²) < 4.78 is 40.1. The molecular weight excluding hydrogens is 585 g/mol. The van der Waals surface area contributed by atoms with E-state index in [0.717, 1.165) is 33.6 Å². The summed E-state index contributed by atoms with van der Waals surface area (Å²) in [6, 6.07) is 11.8. The van der Waals surface area contributed by atoms with Crippen molar-refractivity contribution in [3.63, 3.8) is 0 Å². The number of fused-ring (bicyclic) bond motifs is 2. The van der Waals surface area contributed by atoms with Crippen LogP contribution in [0.3, 0.4) is 0 Å². The van der Waals surface area contributed by atoms with Crippen LogP contribution in [0, 0.1) is 5.82 Å². The van der Waals surface area contributed by atoms with Crippen molar-refractivity contribution < 1.29 is 17.6 Å². The standard InChI is InChI=1S/C30H28FN9O3S/c1-40(2)16-28(41)36-21-9-19(13-32-14-21)25-10-23-27(15-34-25)38-39-30(23)26-11-22-24(37-26)4-5-33-29(22)18-6-17(7-20(31)8-18)12-35-44(3,42)43/h4-11,13-15,35,37H,12,16H2,1-3H3,(H,36,41)(H,38,39). The lowest BCUT2D eigenvalue weighted by Gasteiger charge is -2.10. The summed E-state index contributed by atoms with van der Waals surface area (Å²) in [6.45, 7) is 0.198. The highest BCUT2D eigenvalue weighted by atomic mass is 32.2. The predicted octanol–water partition coefficient (Wildman–Crippen LogP) is 3.92. The van der Waals surface area contributed by atoms with Gasteiger partial charge in [-0.2, -0.15) is 5.10 Å². The highest BCUT2D eigenvalue weighted by Crippen LogP contribution is 2.34. The molecule has 5 heterocycles. The molecule has 44 heavy (non-hydrogen) atoms. The minimum absolute atomic E-state index is 0.0472. The molecule has 0 aliphatic rings. The van der Waals surface area contributed by atoms with Crippen molar-refractivity contribution in [3.8, 4) is 33.9 Å². The number of H-pyrrole nitrogens is 2. The summed E-state index contributed by atoms with van der Waals surface area (Å²) in [5, 5.41) is 12.0. The van der Waals surface area contributed by atoms with E-state index < -0.39 is 15.8 Å². The summed E-state index contributed by atoms with van der Waals surface area (Å²) in [5.41, 5.74) is 6.27. The Morgan fingerprint density at radius 3 is 2.57 bits per heavy atom. The Balaban J connectivity index is 1.36. The summed E-state index contributed by atoms with van der Waals surface area (Å²) in [6.07, 6.45) is 7.62. The van der Waals surface area contributed by atoms with E-state index in [0.29, 0.717) is 39.6 Å². The SMILES string of the molecule is CN(C)CC(=O)Nc1cncc(-c2cc3c(-c4cc5c(-c6cc(F)cc(CNS(C)(=O)=O)c6)nccc5[nH]4)n[nH]c3cn2)c1. The molecule has 0 fully saturated rings. The van der Waals surface area contributed by atoms with Crippen LogP contribution in [0.2, 0.25) is 0 Å². The zero-order valence-electron chi connectivity index (χ0n) is 24.0. The van der Waals surface area contributed by atoms with Gasteiger partial charge in [0.15, 0.2) is 0 Å². The Kier molecular flexibility index (Phi) is 7.63. The van der Waals surface area contributed by atoms with Gasteiger partial charge in [-0.3, -0.25) is 24.8 Å². The first-order valence-corrected chi connectivity index (χ1v) is 15.4. The van der Waals surface area contributed by atoms with Crippen molar-refractivity contribution in [2.45, 2.75) is 6.54 Å². The van der Waals surface area contributed by atoms with E-state index in [2.05, 4.69) is 40.2 Å².